The van der Waals surface area contributed by atoms with Crippen molar-refractivity contribution in [3.63, 3.8) is 0 Å². The van der Waals surface area contributed by atoms with E-state index in [2.05, 4.69) is 25.3 Å². The molecule has 1 fully saturated rings. The third-order valence-corrected chi connectivity index (χ3v) is 6.22. The molecule has 28 heavy (non-hydrogen) atoms. The van der Waals surface area contributed by atoms with Crippen LogP contribution in [0.25, 0.3) is 0 Å². The molecule has 9 heteroatoms. The van der Waals surface area contributed by atoms with Gasteiger partial charge in [0, 0.05) is 44.5 Å². The van der Waals surface area contributed by atoms with Gasteiger partial charge in [-0.05, 0) is 36.6 Å². The molecule has 7 nitrogen and oxygen atoms in total. The number of aliphatic imine (C=N–C) groups is 1. The standard InChI is InChI=1S/C19H24FN5O2S/c1-21-18(23-11-12-25-28(26,27)15-5-4-10-22-13-15)24-14-19(8-9-19)16-6-2-3-7-17(16)20/h2-7,10,13,25H,8-9,11-12,14H2,1H3,(H2,21,23,24). The van der Waals surface area contributed by atoms with E-state index in [4.69, 9.17) is 0 Å². The highest BCUT2D eigenvalue weighted by atomic mass is 32.2. The highest BCUT2D eigenvalue weighted by Gasteiger charge is 2.45. The summed E-state index contributed by atoms with van der Waals surface area (Å²) in [6, 6.07) is 9.91. The second-order valence-electron chi connectivity index (χ2n) is 6.70. The molecule has 0 bridgehead atoms. The Morgan fingerprint density at radius 2 is 1.96 bits per heavy atom. The minimum absolute atomic E-state index is 0.123. The normalized spacial score (nSPS) is 15.9. The van der Waals surface area contributed by atoms with E-state index in [9.17, 15) is 12.8 Å². The molecular formula is C19H24FN5O2S. The number of guanidine groups is 1. The third-order valence-electron chi connectivity index (χ3n) is 4.77. The number of sulfonamides is 1. The van der Waals surface area contributed by atoms with Crippen molar-refractivity contribution < 1.29 is 12.8 Å². The molecule has 150 valence electrons. The van der Waals surface area contributed by atoms with Gasteiger partial charge < -0.3 is 10.6 Å². The van der Waals surface area contributed by atoms with E-state index < -0.39 is 10.0 Å². The molecular weight excluding hydrogens is 381 g/mol. The number of benzene rings is 1. The Morgan fingerprint density at radius 1 is 1.18 bits per heavy atom. The van der Waals surface area contributed by atoms with Crippen LogP contribution in [0.5, 0.6) is 0 Å². The van der Waals surface area contributed by atoms with Crippen molar-refractivity contribution in [1.82, 2.24) is 20.3 Å². The van der Waals surface area contributed by atoms with Crippen LogP contribution in [0.4, 0.5) is 4.39 Å². The Bertz CT molecular complexity index is 930. The van der Waals surface area contributed by atoms with E-state index in [1.165, 1.54) is 24.5 Å². The lowest BCUT2D eigenvalue weighted by atomic mass is 9.95. The Balaban J connectivity index is 1.46. The van der Waals surface area contributed by atoms with Gasteiger partial charge in [-0.1, -0.05) is 18.2 Å². The summed E-state index contributed by atoms with van der Waals surface area (Å²) in [6.45, 7) is 1.11. The predicted octanol–water partition coefficient (Wildman–Crippen LogP) is 1.40. The van der Waals surface area contributed by atoms with Gasteiger partial charge in [0.1, 0.15) is 10.7 Å². The number of pyridine rings is 1. The van der Waals surface area contributed by atoms with Crippen LogP contribution < -0.4 is 15.4 Å². The van der Waals surface area contributed by atoms with E-state index in [1.54, 1.807) is 19.2 Å². The van der Waals surface area contributed by atoms with Crippen molar-refractivity contribution in [2.24, 2.45) is 4.99 Å². The monoisotopic (exact) mass is 405 g/mol. The lowest BCUT2D eigenvalue weighted by Crippen LogP contribution is -2.44. The Hall–Kier alpha value is -2.52. The van der Waals surface area contributed by atoms with Crippen LogP contribution in [-0.4, -0.2) is 46.0 Å². The first kappa shape index (κ1) is 20.2. The maximum Gasteiger partial charge on any atom is 0.242 e. The van der Waals surface area contributed by atoms with Gasteiger partial charge in [0.05, 0.1) is 0 Å². The van der Waals surface area contributed by atoms with Gasteiger partial charge in [-0.2, -0.15) is 0 Å². The van der Waals surface area contributed by atoms with Crippen LogP contribution in [0, 0.1) is 5.82 Å². The molecule has 1 aliphatic carbocycles. The molecule has 1 saturated carbocycles. The molecule has 1 aromatic carbocycles. The van der Waals surface area contributed by atoms with E-state index in [-0.39, 0.29) is 22.7 Å². The summed E-state index contributed by atoms with van der Waals surface area (Å²) >= 11 is 0. The molecule has 0 radical (unpaired) electrons. The number of nitrogens with one attached hydrogen (secondary N) is 3. The summed E-state index contributed by atoms with van der Waals surface area (Å²) in [4.78, 5) is 8.08. The zero-order valence-corrected chi connectivity index (χ0v) is 16.5. The van der Waals surface area contributed by atoms with Crippen molar-refractivity contribution in [3.05, 3.63) is 60.2 Å². The van der Waals surface area contributed by atoms with Crippen LogP contribution >= 0.6 is 0 Å². The van der Waals surface area contributed by atoms with Gasteiger partial charge in [-0.25, -0.2) is 17.5 Å². The smallest absolute Gasteiger partial charge is 0.242 e. The predicted molar refractivity (Wildman–Crippen MR) is 106 cm³/mol. The summed E-state index contributed by atoms with van der Waals surface area (Å²) in [5, 5.41) is 6.27. The largest absolute Gasteiger partial charge is 0.356 e. The number of aromatic nitrogens is 1. The van der Waals surface area contributed by atoms with E-state index in [0.29, 0.717) is 19.0 Å². The first-order valence-electron chi connectivity index (χ1n) is 9.06. The van der Waals surface area contributed by atoms with Gasteiger partial charge in [-0.15, -0.1) is 0 Å². The first-order valence-corrected chi connectivity index (χ1v) is 10.5. The van der Waals surface area contributed by atoms with Crippen molar-refractivity contribution in [1.29, 1.82) is 0 Å². The van der Waals surface area contributed by atoms with E-state index in [1.807, 2.05) is 12.1 Å². The van der Waals surface area contributed by atoms with Crippen molar-refractivity contribution in [2.45, 2.75) is 23.2 Å². The highest BCUT2D eigenvalue weighted by molar-refractivity contribution is 7.89. The third kappa shape index (κ3) is 4.85. The molecule has 1 aromatic heterocycles. The summed E-state index contributed by atoms with van der Waals surface area (Å²) in [5.41, 5.74) is 0.521. The van der Waals surface area contributed by atoms with Crippen LogP contribution in [0.3, 0.4) is 0 Å². The van der Waals surface area contributed by atoms with Crippen molar-refractivity contribution >= 4 is 16.0 Å². The van der Waals surface area contributed by atoms with Crippen LogP contribution in [0.1, 0.15) is 18.4 Å². The molecule has 0 atom stereocenters. The molecule has 2 aromatic rings. The maximum absolute atomic E-state index is 14.1. The van der Waals surface area contributed by atoms with Gasteiger partial charge in [-0.3, -0.25) is 9.98 Å². The Kier molecular flexibility index (Phi) is 6.25. The number of halogens is 1. The molecule has 3 N–H and O–H groups in total. The number of hydrogen-bond acceptors (Lipinski definition) is 4. The lowest BCUT2D eigenvalue weighted by molar-refractivity contribution is 0.559. The second kappa shape index (κ2) is 8.66. The highest BCUT2D eigenvalue weighted by Crippen LogP contribution is 2.48. The topological polar surface area (TPSA) is 95.5 Å². The van der Waals surface area contributed by atoms with Crippen LogP contribution in [-0.2, 0) is 15.4 Å². The fourth-order valence-electron chi connectivity index (χ4n) is 3.01. The quantitative estimate of drug-likeness (QED) is 0.351. The van der Waals surface area contributed by atoms with Gasteiger partial charge in [0.15, 0.2) is 5.96 Å². The maximum atomic E-state index is 14.1. The van der Waals surface area contributed by atoms with Crippen molar-refractivity contribution in [3.8, 4) is 0 Å². The molecule has 3 rings (SSSR count). The number of hydrogen-bond donors (Lipinski definition) is 3. The molecule has 0 unspecified atom stereocenters. The molecule has 0 amide bonds. The summed E-state index contributed by atoms with van der Waals surface area (Å²) in [5.74, 6) is 0.359. The summed E-state index contributed by atoms with van der Waals surface area (Å²) in [6.07, 6.45) is 4.66. The van der Waals surface area contributed by atoms with Gasteiger partial charge >= 0.3 is 0 Å². The number of rotatable bonds is 8. The van der Waals surface area contributed by atoms with E-state index >= 15 is 0 Å². The van der Waals surface area contributed by atoms with Crippen LogP contribution in [0.15, 0.2) is 58.7 Å². The zero-order valence-electron chi connectivity index (χ0n) is 15.7. The molecule has 1 aliphatic rings. The Labute approximate surface area is 164 Å². The molecule has 0 saturated heterocycles. The summed E-state index contributed by atoms with van der Waals surface area (Å²) < 4.78 is 40.9. The van der Waals surface area contributed by atoms with Gasteiger partial charge in [0.2, 0.25) is 10.0 Å². The minimum Gasteiger partial charge on any atom is -0.356 e. The van der Waals surface area contributed by atoms with Gasteiger partial charge in [0.25, 0.3) is 0 Å². The molecule has 0 aliphatic heterocycles. The molecule has 0 spiro atoms. The SMILES string of the molecule is CN=C(NCCNS(=O)(=O)c1cccnc1)NCC1(c2ccccc2F)CC1. The first-order chi connectivity index (χ1) is 13.5. The van der Waals surface area contributed by atoms with E-state index in [0.717, 1.165) is 18.4 Å². The zero-order chi connectivity index (χ0) is 20.0. The number of nitrogens with zero attached hydrogens (tertiary/aromatic N) is 2. The van der Waals surface area contributed by atoms with Crippen molar-refractivity contribution in [2.75, 3.05) is 26.7 Å². The lowest BCUT2D eigenvalue weighted by Gasteiger charge is -2.19. The fourth-order valence-corrected chi connectivity index (χ4v) is 4.01. The average Bonchev–Trinajstić information content (AvgIpc) is 3.49. The minimum atomic E-state index is -3.59. The fraction of sp³-hybridized carbons (Fsp3) is 0.368. The second-order valence-corrected chi connectivity index (χ2v) is 8.47. The molecule has 1 heterocycles. The summed E-state index contributed by atoms with van der Waals surface area (Å²) in [7, 11) is -1.95. The van der Waals surface area contributed by atoms with Crippen LogP contribution in [0.2, 0.25) is 0 Å². The average molecular weight is 405 g/mol. The Morgan fingerprint density at radius 3 is 2.61 bits per heavy atom.